The highest BCUT2D eigenvalue weighted by atomic mass is 16.1. The molecular formula is C18H22N4O. The van der Waals surface area contributed by atoms with Crippen LogP contribution < -0.4 is 16.0 Å². The van der Waals surface area contributed by atoms with E-state index in [0.717, 1.165) is 18.1 Å². The largest absolute Gasteiger partial charge is 0.355 e. The minimum atomic E-state index is -0.0788. The lowest BCUT2D eigenvalue weighted by molar-refractivity contribution is 0.0963. The Morgan fingerprint density at radius 2 is 1.48 bits per heavy atom. The number of aliphatic imine (C=N–C) groups is 1. The molecule has 2 rings (SSSR count). The summed E-state index contributed by atoms with van der Waals surface area (Å²) in [6, 6.07) is 17.7. The molecule has 0 aliphatic rings. The van der Waals surface area contributed by atoms with Crippen molar-refractivity contribution in [3.8, 4) is 0 Å². The molecule has 120 valence electrons. The van der Waals surface area contributed by atoms with Crippen LogP contribution in [-0.4, -0.2) is 26.0 Å². The summed E-state index contributed by atoms with van der Waals surface area (Å²) in [5.41, 5.74) is 2.94. The highest BCUT2D eigenvalue weighted by molar-refractivity contribution is 5.93. The lowest BCUT2D eigenvalue weighted by Crippen LogP contribution is -2.36. The third kappa shape index (κ3) is 5.14. The number of carbonyl (C=O) groups is 1. The van der Waals surface area contributed by atoms with Crippen LogP contribution in [0, 0.1) is 0 Å². The Hall–Kier alpha value is -2.82. The van der Waals surface area contributed by atoms with Crippen molar-refractivity contribution in [1.29, 1.82) is 0 Å². The zero-order valence-corrected chi connectivity index (χ0v) is 13.5. The predicted molar refractivity (Wildman–Crippen MR) is 93.3 cm³/mol. The molecule has 1 amide bonds. The molecule has 0 aliphatic heterocycles. The number of benzene rings is 2. The fourth-order valence-corrected chi connectivity index (χ4v) is 2.11. The summed E-state index contributed by atoms with van der Waals surface area (Å²) >= 11 is 0. The SMILES string of the molecule is CN=C(NCc1ccccc1)NCc1ccc(C(=O)NC)cc1. The van der Waals surface area contributed by atoms with Crippen LogP contribution in [0.25, 0.3) is 0 Å². The maximum Gasteiger partial charge on any atom is 0.251 e. The molecule has 0 fully saturated rings. The molecule has 0 radical (unpaired) electrons. The average Bonchev–Trinajstić information content (AvgIpc) is 2.62. The van der Waals surface area contributed by atoms with Crippen LogP contribution in [0.1, 0.15) is 21.5 Å². The second kappa shape index (κ2) is 8.58. The van der Waals surface area contributed by atoms with Gasteiger partial charge in [-0.25, -0.2) is 0 Å². The minimum Gasteiger partial charge on any atom is -0.355 e. The van der Waals surface area contributed by atoms with Crippen LogP contribution in [0.3, 0.4) is 0 Å². The van der Waals surface area contributed by atoms with E-state index in [1.165, 1.54) is 5.56 Å². The lowest BCUT2D eigenvalue weighted by Gasteiger charge is -2.12. The van der Waals surface area contributed by atoms with Gasteiger partial charge in [0.15, 0.2) is 5.96 Å². The van der Waals surface area contributed by atoms with E-state index in [1.54, 1.807) is 14.1 Å². The number of hydrogen-bond acceptors (Lipinski definition) is 2. The van der Waals surface area contributed by atoms with Crippen molar-refractivity contribution >= 4 is 11.9 Å². The molecule has 23 heavy (non-hydrogen) atoms. The monoisotopic (exact) mass is 310 g/mol. The molecule has 2 aromatic carbocycles. The van der Waals surface area contributed by atoms with Crippen molar-refractivity contribution in [2.75, 3.05) is 14.1 Å². The Morgan fingerprint density at radius 3 is 2.00 bits per heavy atom. The molecule has 5 heteroatoms. The van der Waals surface area contributed by atoms with Crippen molar-refractivity contribution in [2.45, 2.75) is 13.1 Å². The molecule has 0 aromatic heterocycles. The van der Waals surface area contributed by atoms with E-state index in [-0.39, 0.29) is 5.91 Å². The second-order valence-electron chi connectivity index (χ2n) is 5.04. The number of nitrogens with zero attached hydrogens (tertiary/aromatic N) is 1. The Morgan fingerprint density at radius 1 is 0.913 bits per heavy atom. The van der Waals surface area contributed by atoms with E-state index in [9.17, 15) is 4.79 Å². The van der Waals surface area contributed by atoms with Gasteiger partial charge in [0.25, 0.3) is 5.91 Å². The molecule has 0 heterocycles. The van der Waals surface area contributed by atoms with Gasteiger partial charge in [-0.1, -0.05) is 42.5 Å². The first kappa shape index (κ1) is 16.5. The smallest absolute Gasteiger partial charge is 0.251 e. The summed E-state index contributed by atoms with van der Waals surface area (Å²) in [6.45, 7) is 1.36. The van der Waals surface area contributed by atoms with Gasteiger partial charge in [0, 0.05) is 32.7 Å². The van der Waals surface area contributed by atoms with E-state index >= 15 is 0 Å². The summed E-state index contributed by atoms with van der Waals surface area (Å²) in [5, 5.41) is 9.14. The molecule has 0 aliphatic carbocycles. The van der Waals surface area contributed by atoms with E-state index < -0.39 is 0 Å². The van der Waals surface area contributed by atoms with Crippen molar-refractivity contribution in [3.05, 3.63) is 71.3 Å². The molecule has 0 spiro atoms. The first-order chi connectivity index (χ1) is 11.2. The van der Waals surface area contributed by atoms with Gasteiger partial charge in [-0.2, -0.15) is 0 Å². The van der Waals surface area contributed by atoms with E-state index in [4.69, 9.17) is 0 Å². The van der Waals surface area contributed by atoms with Gasteiger partial charge >= 0.3 is 0 Å². The van der Waals surface area contributed by atoms with Gasteiger partial charge in [0.05, 0.1) is 0 Å². The molecule has 0 saturated carbocycles. The van der Waals surface area contributed by atoms with Gasteiger partial charge in [0.2, 0.25) is 0 Å². The minimum absolute atomic E-state index is 0.0788. The fraction of sp³-hybridized carbons (Fsp3) is 0.222. The summed E-state index contributed by atoms with van der Waals surface area (Å²) in [7, 11) is 3.37. The number of carbonyl (C=O) groups excluding carboxylic acids is 1. The highest BCUT2D eigenvalue weighted by Gasteiger charge is 2.03. The van der Waals surface area contributed by atoms with Gasteiger partial charge < -0.3 is 16.0 Å². The van der Waals surface area contributed by atoms with Gasteiger partial charge in [0.1, 0.15) is 0 Å². The average molecular weight is 310 g/mol. The molecule has 5 nitrogen and oxygen atoms in total. The van der Waals surface area contributed by atoms with Gasteiger partial charge in [-0.3, -0.25) is 9.79 Å². The van der Waals surface area contributed by atoms with Crippen molar-refractivity contribution in [1.82, 2.24) is 16.0 Å². The molecule has 0 unspecified atom stereocenters. The second-order valence-corrected chi connectivity index (χ2v) is 5.04. The summed E-state index contributed by atoms with van der Waals surface area (Å²) in [4.78, 5) is 15.7. The molecule has 3 N–H and O–H groups in total. The summed E-state index contributed by atoms with van der Waals surface area (Å²) in [5.74, 6) is 0.661. The fourth-order valence-electron chi connectivity index (χ4n) is 2.11. The Kier molecular flexibility index (Phi) is 6.17. The van der Waals surface area contributed by atoms with Crippen LogP contribution in [0.2, 0.25) is 0 Å². The van der Waals surface area contributed by atoms with Gasteiger partial charge in [-0.05, 0) is 23.3 Å². The standard InChI is InChI=1S/C18H22N4O/c1-19-17(23)16-10-8-15(9-11-16)13-22-18(20-2)21-12-14-6-4-3-5-7-14/h3-11H,12-13H2,1-2H3,(H,19,23)(H2,20,21,22). The Labute approximate surface area is 136 Å². The van der Waals surface area contributed by atoms with E-state index in [1.807, 2.05) is 42.5 Å². The first-order valence-electron chi connectivity index (χ1n) is 7.52. The topological polar surface area (TPSA) is 65.5 Å². The molecule has 0 saturated heterocycles. The lowest BCUT2D eigenvalue weighted by atomic mass is 10.1. The van der Waals surface area contributed by atoms with E-state index in [0.29, 0.717) is 12.1 Å². The molecule has 0 bridgehead atoms. The Bertz CT molecular complexity index is 650. The zero-order valence-electron chi connectivity index (χ0n) is 13.5. The Balaban J connectivity index is 1.84. The van der Waals surface area contributed by atoms with Crippen molar-refractivity contribution in [3.63, 3.8) is 0 Å². The summed E-state index contributed by atoms with van der Waals surface area (Å²) in [6.07, 6.45) is 0. The van der Waals surface area contributed by atoms with Crippen LogP contribution in [-0.2, 0) is 13.1 Å². The van der Waals surface area contributed by atoms with E-state index in [2.05, 4.69) is 33.1 Å². The van der Waals surface area contributed by atoms with Crippen LogP contribution in [0.4, 0.5) is 0 Å². The van der Waals surface area contributed by atoms with Gasteiger partial charge in [-0.15, -0.1) is 0 Å². The molecular weight excluding hydrogens is 288 g/mol. The number of guanidine groups is 1. The van der Waals surface area contributed by atoms with Crippen molar-refractivity contribution in [2.24, 2.45) is 4.99 Å². The zero-order chi connectivity index (χ0) is 16.5. The number of amides is 1. The number of rotatable bonds is 5. The number of hydrogen-bond donors (Lipinski definition) is 3. The maximum atomic E-state index is 11.5. The quantitative estimate of drug-likeness (QED) is 0.584. The molecule has 0 atom stereocenters. The maximum absolute atomic E-state index is 11.5. The third-order valence-electron chi connectivity index (χ3n) is 3.43. The van der Waals surface area contributed by atoms with Crippen LogP contribution in [0.15, 0.2) is 59.6 Å². The number of nitrogens with one attached hydrogen (secondary N) is 3. The normalized spacial score (nSPS) is 11.0. The van der Waals surface area contributed by atoms with Crippen LogP contribution >= 0.6 is 0 Å². The molecule has 2 aromatic rings. The first-order valence-corrected chi connectivity index (χ1v) is 7.52. The third-order valence-corrected chi connectivity index (χ3v) is 3.43. The predicted octanol–water partition coefficient (Wildman–Crippen LogP) is 1.91. The summed E-state index contributed by atoms with van der Waals surface area (Å²) < 4.78 is 0. The highest BCUT2D eigenvalue weighted by Crippen LogP contribution is 2.04. The van der Waals surface area contributed by atoms with Crippen LogP contribution in [0.5, 0.6) is 0 Å². The van der Waals surface area contributed by atoms with Crippen molar-refractivity contribution < 1.29 is 4.79 Å².